The van der Waals surface area contributed by atoms with Gasteiger partial charge in [0.25, 0.3) is 0 Å². The molecule has 1 amide bonds. The largest absolute Gasteiger partial charge is 0.477 e. The van der Waals surface area contributed by atoms with Crippen LogP contribution in [0.25, 0.3) is 0 Å². The van der Waals surface area contributed by atoms with Crippen LogP contribution >= 0.6 is 0 Å². The zero-order valence-electron chi connectivity index (χ0n) is 10.8. The molecule has 0 aromatic carbocycles. The van der Waals surface area contributed by atoms with Crippen LogP contribution in [0, 0.1) is 0 Å². The second-order valence-electron chi connectivity index (χ2n) is 4.75. The van der Waals surface area contributed by atoms with Crippen molar-refractivity contribution in [3.63, 3.8) is 0 Å². The van der Waals surface area contributed by atoms with Crippen molar-refractivity contribution < 1.29 is 19.8 Å². The average molecular weight is 254 g/mol. The first kappa shape index (κ1) is 14.2. The Morgan fingerprint density at radius 2 is 2.06 bits per heavy atom. The van der Waals surface area contributed by atoms with Crippen molar-refractivity contribution in [1.29, 1.82) is 0 Å². The molecule has 0 aliphatic carbocycles. The van der Waals surface area contributed by atoms with Gasteiger partial charge < -0.3 is 19.7 Å². The number of aromatic carboxylic acids is 1. The maximum absolute atomic E-state index is 12.0. The summed E-state index contributed by atoms with van der Waals surface area (Å²) in [5.74, 6) is -1.33. The van der Waals surface area contributed by atoms with Gasteiger partial charge in [-0.15, -0.1) is 0 Å². The maximum atomic E-state index is 12.0. The van der Waals surface area contributed by atoms with E-state index in [1.54, 1.807) is 33.2 Å². The molecule has 18 heavy (non-hydrogen) atoms. The fraction of sp³-hybridized carbons (Fsp3) is 0.500. The Morgan fingerprint density at radius 1 is 1.44 bits per heavy atom. The average Bonchev–Trinajstić information content (AvgIpc) is 2.76. The number of hydrogen-bond acceptors (Lipinski definition) is 3. The number of rotatable bonds is 5. The van der Waals surface area contributed by atoms with Gasteiger partial charge in [-0.2, -0.15) is 0 Å². The minimum absolute atomic E-state index is 0.0609. The lowest BCUT2D eigenvalue weighted by Crippen LogP contribution is -2.48. The lowest BCUT2D eigenvalue weighted by Gasteiger charge is -2.34. The monoisotopic (exact) mass is 254 g/mol. The van der Waals surface area contributed by atoms with Crippen molar-refractivity contribution in [2.24, 2.45) is 0 Å². The molecule has 0 saturated heterocycles. The molecule has 0 spiro atoms. The summed E-state index contributed by atoms with van der Waals surface area (Å²) in [4.78, 5) is 24.3. The third-order valence-electron chi connectivity index (χ3n) is 3.02. The van der Waals surface area contributed by atoms with E-state index in [9.17, 15) is 14.7 Å². The van der Waals surface area contributed by atoms with E-state index < -0.39 is 11.5 Å². The molecule has 1 heterocycles. The predicted molar refractivity (Wildman–Crippen MR) is 65.3 cm³/mol. The zero-order valence-corrected chi connectivity index (χ0v) is 10.8. The summed E-state index contributed by atoms with van der Waals surface area (Å²) in [5.41, 5.74) is -0.605. The molecular weight excluding hydrogens is 236 g/mol. The van der Waals surface area contributed by atoms with Gasteiger partial charge in [-0.1, -0.05) is 0 Å². The summed E-state index contributed by atoms with van der Waals surface area (Å²) in [6.45, 7) is 3.25. The summed E-state index contributed by atoms with van der Waals surface area (Å²) >= 11 is 0. The highest BCUT2D eigenvalue weighted by Gasteiger charge is 2.27. The maximum Gasteiger partial charge on any atom is 0.352 e. The molecule has 6 nitrogen and oxygen atoms in total. The highest BCUT2D eigenvalue weighted by atomic mass is 16.4. The van der Waals surface area contributed by atoms with E-state index in [2.05, 4.69) is 0 Å². The summed E-state index contributed by atoms with van der Waals surface area (Å²) in [5, 5.41) is 18.1. The number of aromatic nitrogens is 1. The van der Waals surface area contributed by atoms with Gasteiger partial charge in [-0.3, -0.25) is 4.79 Å². The Balaban J connectivity index is 2.82. The summed E-state index contributed by atoms with van der Waals surface area (Å²) < 4.78 is 1.37. The summed E-state index contributed by atoms with van der Waals surface area (Å²) in [6, 6.07) is 3.01. The van der Waals surface area contributed by atoms with E-state index in [0.29, 0.717) is 0 Å². The molecule has 1 aromatic rings. The molecule has 100 valence electrons. The van der Waals surface area contributed by atoms with E-state index in [-0.39, 0.29) is 24.8 Å². The van der Waals surface area contributed by atoms with E-state index in [4.69, 9.17) is 5.11 Å². The van der Waals surface area contributed by atoms with Crippen LogP contribution in [0.5, 0.6) is 0 Å². The van der Waals surface area contributed by atoms with Gasteiger partial charge in [0.2, 0.25) is 5.91 Å². The molecule has 0 fully saturated rings. The van der Waals surface area contributed by atoms with Crippen molar-refractivity contribution in [2.75, 3.05) is 13.7 Å². The second kappa shape index (κ2) is 5.22. The van der Waals surface area contributed by atoms with Crippen LogP contribution < -0.4 is 0 Å². The number of carbonyl (C=O) groups excluding carboxylic acids is 1. The number of aliphatic hydroxyl groups excluding tert-OH is 1. The first-order chi connectivity index (χ1) is 8.29. The van der Waals surface area contributed by atoms with Crippen LogP contribution in [0.2, 0.25) is 0 Å². The number of carbonyl (C=O) groups is 2. The number of carboxylic acids is 1. The molecule has 2 N–H and O–H groups in total. The molecule has 0 radical (unpaired) electrons. The molecule has 0 atom stereocenters. The number of carboxylic acid groups (broad SMARTS) is 1. The summed E-state index contributed by atoms with van der Waals surface area (Å²) in [6.07, 6.45) is 1.54. The Morgan fingerprint density at radius 3 is 2.56 bits per heavy atom. The number of aliphatic hydroxyl groups is 1. The lowest BCUT2D eigenvalue weighted by molar-refractivity contribution is -0.136. The van der Waals surface area contributed by atoms with Crippen LogP contribution in [-0.4, -0.2) is 50.8 Å². The van der Waals surface area contributed by atoms with Gasteiger partial charge in [0.15, 0.2) is 0 Å². The number of amides is 1. The van der Waals surface area contributed by atoms with E-state index >= 15 is 0 Å². The van der Waals surface area contributed by atoms with Crippen LogP contribution in [0.4, 0.5) is 0 Å². The SMILES string of the molecule is CN(C(=O)Cn1cccc1C(=O)O)C(C)(C)CO. The van der Waals surface area contributed by atoms with Crippen molar-refractivity contribution >= 4 is 11.9 Å². The van der Waals surface area contributed by atoms with Gasteiger partial charge in [0.1, 0.15) is 12.2 Å². The standard InChI is InChI=1S/C12H18N2O4/c1-12(2,8-15)13(3)10(16)7-14-6-4-5-9(14)11(17)18/h4-6,15H,7-8H2,1-3H3,(H,17,18). The lowest BCUT2D eigenvalue weighted by atomic mass is 10.1. The van der Waals surface area contributed by atoms with Gasteiger partial charge in [0, 0.05) is 13.2 Å². The van der Waals surface area contributed by atoms with Crippen molar-refractivity contribution in [2.45, 2.75) is 25.9 Å². The molecule has 0 aliphatic rings. The zero-order chi connectivity index (χ0) is 13.9. The van der Waals surface area contributed by atoms with Crippen LogP contribution in [0.15, 0.2) is 18.3 Å². The Kier molecular flexibility index (Phi) is 4.13. The quantitative estimate of drug-likeness (QED) is 0.797. The smallest absolute Gasteiger partial charge is 0.352 e. The normalized spacial score (nSPS) is 11.3. The van der Waals surface area contributed by atoms with E-state index in [0.717, 1.165) is 0 Å². The van der Waals surface area contributed by atoms with Gasteiger partial charge in [-0.05, 0) is 26.0 Å². The number of likely N-dealkylation sites (N-methyl/N-ethyl adjacent to an activating group) is 1. The van der Waals surface area contributed by atoms with Crippen molar-refractivity contribution in [3.05, 3.63) is 24.0 Å². The molecule has 0 saturated carbocycles. The molecular formula is C12H18N2O4. The first-order valence-corrected chi connectivity index (χ1v) is 5.55. The summed E-state index contributed by atoms with van der Waals surface area (Å²) in [7, 11) is 1.59. The third kappa shape index (κ3) is 2.89. The fourth-order valence-electron chi connectivity index (χ4n) is 1.44. The topological polar surface area (TPSA) is 82.8 Å². The Labute approximate surface area is 105 Å². The number of hydrogen-bond donors (Lipinski definition) is 2. The fourth-order valence-corrected chi connectivity index (χ4v) is 1.44. The molecule has 0 bridgehead atoms. The van der Waals surface area contributed by atoms with Crippen LogP contribution in [-0.2, 0) is 11.3 Å². The molecule has 6 heteroatoms. The molecule has 0 unspecified atom stereocenters. The minimum atomic E-state index is -1.07. The van der Waals surface area contributed by atoms with Gasteiger partial charge >= 0.3 is 5.97 Å². The molecule has 0 aliphatic heterocycles. The number of nitrogens with zero attached hydrogens (tertiary/aromatic N) is 2. The third-order valence-corrected chi connectivity index (χ3v) is 3.02. The van der Waals surface area contributed by atoms with E-state index in [1.165, 1.54) is 15.5 Å². The highest BCUT2D eigenvalue weighted by Crippen LogP contribution is 2.12. The first-order valence-electron chi connectivity index (χ1n) is 5.55. The molecule has 1 aromatic heterocycles. The van der Waals surface area contributed by atoms with Gasteiger partial charge in [-0.25, -0.2) is 4.79 Å². The predicted octanol–water partition coefficient (Wildman–Crippen LogP) is 0.416. The highest BCUT2D eigenvalue weighted by molar-refractivity contribution is 5.87. The second-order valence-corrected chi connectivity index (χ2v) is 4.75. The molecule has 1 rings (SSSR count). The van der Waals surface area contributed by atoms with Crippen molar-refractivity contribution in [3.8, 4) is 0 Å². The van der Waals surface area contributed by atoms with E-state index in [1.807, 2.05) is 0 Å². The Bertz CT molecular complexity index is 451. The van der Waals surface area contributed by atoms with Gasteiger partial charge in [0.05, 0.1) is 12.1 Å². The Hall–Kier alpha value is -1.82. The van der Waals surface area contributed by atoms with Crippen molar-refractivity contribution in [1.82, 2.24) is 9.47 Å². The van der Waals surface area contributed by atoms with Crippen LogP contribution in [0.3, 0.4) is 0 Å². The van der Waals surface area contributed by atoms with Crippen LogP contribution in [0.1, 0.15) is 24.3 Å². The minimum Gasteiger partial charge on any atom is -0.477 e.